The zero-order chi connectivity index (χ0) is 23.4. The van der Waals surface area contributed by atoms with Crippen LogP contribution in [0.1, 0.15) is 24.3 Å². The maximum absolute atomic E-state index is 14.4. The molecule has 9 heteroatoms. The summed E-state index contributed by atoms with van der Waals surface area (Å²) in [7, 11) is 0. The minimum Gasteiger partial charge on any atom is -0.353 e. The van der Waals surface area contributed by atoms with E-state index in [2.05, 4.69) is 30.2 Å². The SMILES string of the molecule is Fc1ncccc1-c1cc2c(-c3nc(N4CCNCC4)c4c(C5CC5)cncc4n3)ccnc2[nH]1. The van der Waals surface area contributed by atoms with Crippen molar-refractivity contribution in [3.05, 3.63) is 60.6 Å². The Morgan fingerprint density at radius 2 is 1.86 bits per heavy atom. The van der Waals surface area contributed by atoms with Crippen molar-refractivity contribution in [1.82, 2.24) is 35.2 Å². The van der Waals surface area contributed by atoms with Crippen LogP contribution in [0.15, 0.2) is 49.1 Å². The molecule has 0 spiro atoms. The van der Waals surface area contributed by atoms with Gasteiger partial charge in [0.05, 0.1) is 23.0 Å². The highest BCUT2D eigenvalue weighted by Crippen LogP contribution is 2.45. The zero-order valence-electron chi connectivity index (χ0n) is 19.0. The fourth-order valence-electron chi connectivity index (χ4n) is 4.97. The van der Waals surface area contributed by atoms with Crippen LogP contribution in [-0.2, 0) is 0 Å². The lowest BCUT2D eigenvalue weighted by molar-refractivity contribution is 0.586. The lowest BCUT2D eigenvalue weighted by atomic mass is 10.1. The predicted octanol–water partition coefficient (Wildman–Crippen LogP) is 4.06. The van der Waals surface area contributed by atoms with Gasteiger partial charge in [0.25, 0.3) is 0 Å². The third kappa shape index (κ3) is 3.50. The number of nitrogens with one attached hydrogen (secondary N) is 2. The van der Waals surface area contributed by atoms with Crippen LogP contribution >= 0.6 is 0 Å². The summed E-state index contributed by atoms with van der Waals surface area (Å²) in [5.74, 6) is 1.60. The summed E-state index contributed by atoms with van der Waals surface area (Å²) in [5.41, 5.74) is 4.61. The minimum absolute atomic E-state index is 0.399. The second-order valence-electron chi connectivity index (χ2n) is 9.15. The minimum atomic E-state index is -0.526. The number of halogens is 1. The molecule has 35 heavy (non-hydrogen) atoms. The summed E-state index contributed by atoms with van der Waals surface area (Å²) in [5, 5.41) is 5.38. The monoisotopic (exact) mass is 466 g/mol. The van der Waals surface area contributed by atoms with Crippen molar-refractivity contribution in [1.29, 1.82) is 0 Å². The molecule has 7 rings (SSSR count). The summed E-state index contributed by atoms with van der Waals surface area (Å²) < 4.78 is 14.4. The second-order valence-corrected chi connectivity index (χ2v) is 9.15. The Kier molecular flexibility index (Phi) is 4.70. The largest absolute Gasteiger partial charge is 0.353 e. The van der Waals surface area contributed by atoms with E-state index in [1.807, 2.05) is 24.5 Å². The molecule has 2 fully saturated rings. The normalized spacial score (nSPS) is 16.3. The molecule has 1 aliphatic heterocycles. The molecule has 5 aromatic rings. The van der Waals surface area contributed by atoms with Gasteiger partial charge in [-0.1, -0.05) is 0 Å². The number of anilines is 1. The van der Waals surface area contributed by atoms with Crippen LogP contribution in [0.4, 0.5) is 10.2 Å². The Labute approximate surface area is 200 Å². The number of hydrogen-bond donors (Lipinski definition) is 2. The van der Waals surface area contributed by atoms with Crippen molar-refractivity contribution in [2.45, 2.75) is 18.8 Å². The van der Waals surface area contributed by atoms with E-state index in [0.29, 0.717) is 28.6 Å². The van der Waals surface area contributed by atoms with E-state index in [-0.39, 0.29) is 0 Å². The summed E-state index contributed by atoms with van der Waals surface area (Å²) in [4.78, 5) is 28.5. The fraction of sp³-hybridized carbons (Fsp3) is 0.269. The van der Waals surface area contributed by atoms with Gasteiger partial charge in [0.2, 0.25) is 5.95 Å². The summed E-state index contributed by atoms with van der Waals surface area (Å²) in [6.45, 7) is 3.61. The summed E-state index contributed by atoms with van der Waals surface area (Å²) in [6.07, 6.45) is 9.37. The number of aromatic amines is 1. The quantitative estimate of drug-likeness (QED) is 0.386. The van der Waals surface area contributed by atoms with Gasteiger partial charge in [-0.25, -0.2) is 19.9 Å². The van der Waals surface area contributed by atoms with E-state index in [1.54, 1.807) is 18.3 Å². The van der Waals surface area contributed by atoms with Crippen LogP contribution in [0.5, 0.6) is 0 Å². The topological polar surface area (TPSA) is 95.5 Å². The highest BCUT2D eigenvalue weighted by atomic mass is 19.1. The van der Waals surface area contributed by atoms with Crippen molar-refractivity contribution in [2.24, 2.45) is 0 Å². The first-order valence-corrected chi connectivity index (χ1v) is 12.0. The molecule has 0 aromatic carbocycles. The fourth-order valence-corrected chi connectivity index (χ4v) is 4.97. The van der Waals surface area contributed by atoms with E-state index in [0.717, 1.165) is 53.8 Å². The van der Waals surface area contributed by atoms with Gasteiger partial charge in [0.1, 0.15) is 11.5 Å². The van der Waals surface area contributed by atoms with Gasteiger partial charge < -0.3 is 15.2 Å². The van der Waals surface area contributed by atoms with E-state index < -0.39 is 5.95 Å². The molecule has 2 N–H and O–H groups in total. The molecule has 5 aromatic heterocycles. The van der Waals surface area contributed by atoms with Gasteiger partial charge in [0, 0.05) is 61.1 Å². The second kappa shape index (κ2) is 8.06. The molecular weight excluding hydrogens is 443 g/mol. The van der Waals surface area contributed by atoms with E-state index in [1.165, 1.54) is 24.6 Å². The van der Waals surface area contributed by atoms with Crippen molar-refractivity contribution < 1.29 is 4.39 Å². The molecule has 174 valence electrons. The van der Waals surface area contributed by atoms with Gasteiger partial charge in [-0.2, -0.15) is 4.39 Å². The molecule has 1 aliphatic carbocycles. The smallest absolute Gasteiger partial charge is 0.222 e. The van der Waals surface area contributed by atoms with Crippen molar-refractivity contribution in [3.8, 4) is 22.6 Å². The average molecular weight is 467 g/mol. The molecule has 0 bridgehead atoms. The Hall–Kier alpha value is -3.98. The van der Waals surface area contributed by atoms with Gasteiger partial charge in [-0.3, -0.25) is 4.98 Å². The first kappa shape index (κ1) is 20.4. The van der Waals surface area contributed by atoms with Crippen LogP contribution in [0.2, 0.25) is 0 Å². The molecule has 2 aliphatic rings. The number of pyridine rings is 3. The summed E-state index contributed by atoms with van der Waals surface area (Å²) >= 11 is 0. The van der Waals surface area contributed by atoms with Gasteiger partial charge in [-0.15, -0.1) is 0 Å². The lowest BCUT2D eigenvalue weighted by Crippen LogP contribution is -2.44. The van der Waals surface area contributed by atoms with Crippen LogP contribution in [0.25, 0.3) is 44.6 Å². The molecule has 1 saturated heterocycles. The molecule has 0 amide bonds. The Bertz CT molecular complexity index is 1570. The third-order valence-corrected chi connectivity index (χ3v) is 6.87. The zero-order valence-corrected chi connectivity index (χ0v) is 19.0. The molecule has 0 radical (unpaired) electrons. The number of hydrogen-bond acceptors (Lipinski definition) is 7. The number of H-pyrrole nitrogens is 1. The molecule has 6 heterocycles. The Morgan fingerprint density at radius 3 is 2.69 bits per heavy atom. The maximum atomic E-state index is 14.4. The predicted molar refractivity (Wildman–Crippen MR) is 133 cm³/mol. The summed E-state index contributed by atoms with van der Waals surface area (Å²) in [6, 6.07) is 7.23. The first-order valence-electron chi connectivity index (χ1n) is 12.0. The standard InChI is InChI=1S/C26H23FN8/c27-23-17(2-1-6-30-23)20-12-18-16(5-7-31-24(18)32-20)25-33-21-14-29-13-19(15-3-4-15)22(21)26(34-25)35-10-8-28-9-11-35/h1-2,5-7,12-15,28H,3-4,8-11H2,(H,31,32). The van der Waals surface area contributed by atoms with E-state index in [4.69, 9.17) is 9.97 Å². The van der Waals surface area contributed by atoms with Crippen LogP contribution in [-0.4, -0.2) is 56.1 Å². The third-order valence-electron chi connectivity index (χ3n) is 6.87. The van der Waals surface area contributed by atoms with Gasteiger partial charge in [0.15, 0.2) is 5.82 Å². The number of rotatable bonds is 4. The number of piperazine rings is 1. The van der Waals surface area contributed by atoms with E-state index in [9.17, 15) is 4.39 Å². The molecule has 8 nitrogen and oxygen atoms in total. The lowest BCUT2D eigenvalue weighted by Gasteiger charge is -2.30. The van der Waals surface area contributed by atoms with Crippen molar-refractivity contribution in [2.75, 3.05) is 31.1 Å². The molecule has 0 unspecified atom stereocenters. The Balaban J connectivity index is 1.44. The number of aromatic nitrogens is 6. The van der Waals surface area contributed by atoms with Crippen LogP contribution in [0.3, 0.4) is 0 Å². The van der Waals surface area contributed by atoms with Crippen LogP contribution in [0, 0.1) is 5.95 Å². The van der Waals surface area contributed by atoms with E-state index >= 15 is 0 Å². The molecule has 1 saturated carbocycles. The van der Waals surface area contributed by atoms with Gasteiger partial charge >= 0.3 is 0 Å². The number of nitrogens with zero attached hydrogens (tertiary/aromatic N) is 6. The molecular formula is C26H23FN8. The Morgan fingerprint density at radius 1 is 0.971 bits per heavy atom. The first-order chi connectivity index (χ1) is 17.3. The van der Waals surface area contributed by atoms with Crippen molar-refractivity contribution >= 4 is 27.8 Å². The van der Waals surface area contributed by atoms with Gasteiger partial charge in [-0.05, 0) is 48.6 Å². The van der Waals surface area contributed by atoms with Crippen LogP contribution < -0.4 is 10.2 Å². The highest BCUT2D eigenvalue weighted by molar-refractivity contribution is 5.98. The van der Waals surface area contributed by atoms with Crippen molar-refractivity contribution in [3.63, 3.8) is 0 Å². The number of fused-ring (bicyclic) bond motifs is 2. The highest BCUT2D eigenvalue weighted by Gasteiger charge is 2.29. The maximum Gasteiger partial charge on any atom is 0.222 e. The average Bonchev–Trinajstić information content (AvgIpc) is 3.66. The molecule has 0 atom stereocenters.